The Labute approximate surface area is 176 Å². The number of carboxylic acid groups (broad SMARTS) is 1. The molecule has 0 saturated heterocycles. The average Bonchev–Trinajstić information content (AvgIpc) is 3.21. The average molecular weight is 421 g/mol. The number of carboxylic acids is 1. The number of esters is 1. The van der Waals surface area contributed by atoms with Gasteiger partial charge in [-0.3, -0.25) is 4.79 Å². The van der Waals surface area contributed by atoms with Crippen molar-refractivity contribution in [3.05, 3.63) is 11.6 Å². The lowest BCUT2D eigenvalue weighted by Crippen LogP contribution is -2.70. The maximum absolute atomic E-state index is 12.7. The van der Waals surface area contributed by atoms with Crippen molar-refractivity contribution in [3.63, 3.8) is 0 Å². The van der Waals surface area contributed by atoms with E-state index in [9.17, 15) is 30.0 Å². The SMILES string of the molecule is C[C@]12CC[C@H]3[C@H](CC[C@@]4(O)C[C@@H](O)CC[C@]34C(=O)O)[C@]1(O)CC[C@H]2C1=CC(=O)OC1. The van der Waals surface area contributed by atoms with Gasteiger partial charge in [0, 0.05) is 17.9 Å². The molecule has 7 heteroatoms. The molecule has 0 bridgehead atoms. The number of carbonyl (C=O) groups is 2. The fourth-order valence-corrected chi connectivity index (χ4v) is 8.49. The van der Waals surface area contributed by atoms with Gasteiger partial charge < -0.3 is 25.2 Å². The number of aliphatic carboxylic acids is 1. The summed E-state index contributed by atoms with van der Waals surface area (Å²) in [5.74, 6) is -1.82. The van der Waals surface area contributed by atoms with Crippen molar-refractivity contribution in [2.75, 3.05) is 6.61 Å². The molecule has 0 aromatic carbocycles. The van der Waals surface area contributed by atoms with Crippen LogP contribution < -0.4 is 0 Å². The number of cyclic esters (lactones) is 1. The smallest absolute Gasteiger partial charge is 0.331 e. The Morgan fingerprint density at radius 3 is 2.47 bits per heavy atom. The van der Waals surface area contributed by atoms with E-state index in [-0.39, 0.29) is 49.6 Å². The van der Waals surface area contributed by atoms with Crippen molar-refractivity contribution in [2.24, 2.45) is 28.6 Å². The summed E-state index contributed by atoms with van der Waals surface area (Å²) in [4.78, 5) is 24.3. The molecule has 1 aliphatic heterocycles. The lowest BCUT2D eigenvalue weighted by Gasteiger charge is -2.65. The predicted octanol–water partition coefficient (Wildman–Crippen LogP) is 1.78. The minimum atomic E-state index is -1.44. The van der Waals surface area contributed by atoms with Crippen molar-refractivity contribution in [1.29, 1.82) is 0 Å². The summed E-state index contributed by atoms with van der Waals surface area (Å²) in [6.07, 6.45) is 5.00. The van der Waals surface area contributed by atoms with Crippen molar-refractivity contribution in [1.82, 2.24) is 0 Å². The van der Waals surface area contributed by atoms with Gasteiger partial charge in [0.15, 0.2) is 0 Å². The van der Waals surface area contributed by atoms with Crippen molar-refractivity contribution < 1.29 is 34.8 Å². The van der Waals surface area contributed by atoms with E-state index < -0.39 is 34.1 Å². The van der Waals surface area contributed by atoms with E-state index in [1.54, 1.807) is 6.08 Å². The van der Waals surface area contributed by atoms with Gasteiger partial charge in [-0.25, -0.2) is 4.79 Å². The lowest BCUT2D eigenvalue weighted by molar-refractivity contribution is -0.260. The zero-order valence-electron chi connectivity index (χ0n) is 17.5. The molecule has 0 aromatic heterocycles. The zero-order valence-corrected chi connectivity index (χ0v) is 17.5. The highest BCUT2D eigenvalue weighted by molar-refractivity contribution is 5.85. The highest BCUT2D eigenvalue weighted by Gasteiger charge is 2.73. The van der Waals surface area contributed by atoms with E-state index in [1.165, 1.54) is 0 Å². The molecule has 4 saturated carbocycles. The minimum absolute atomic E-state index is 0.0460. The number of rotatable bonds is 2. The molecule has 4 fully saturated rings. The van der Waals surface area contributed by atoms with Crippen LogP contribution >= 0.6 is 0 Å². The second kappa shape index (κ2) is 6.30. The number of ether oxygens (including phenoxy) is 1. The number of aliphatic hydroxyl groups excluding tert-OH is 1. The first-order valence-corrected chi connectivity index (χ1v) is 11.3. The number of hydrogen-bond donors (Lipinski definition) is 4. The fourth-order valence-electron chi connectivity index (χ4n) is 8.49. The second-order valence-corrected chi connectivity index (χ2v) is 10.8. The Hall–Kier alpha value is -1.44. The molecule has 5 rings (SSSR count). The van der Waals surface area contributed by atoms with Crippen LogP contribution in [0.2, 0.25) is 0 Å². The van der Waals surface area contributed by atoms with Gasteiger partial charge in [0.25, 0.3) is 0 Å². The molecule has 0 spiro atoms. The van der Waals surface area contributed by atoms with Crippen LogP contribution in [0.1, 0.15) is 64.7 Å². The van der Waals surface area contributed by atoms with Crippen LogP contribution in [0.4, 0.5) is 0 Å². The molecule has 7 nitrogen and oxygen atoms in total. The quantitative estimate of drug-likeness (QED) is 0.502. The molecule has 5 aliphatic rings. The Kier molecular flexibility index (Phi) is 4.30. The number of carbonyl (C=O) groups excluding carboxylic acids is 1. The molecular weight excluding hydrogens is 388 g/mol. The number of hydrogen-bond acceptors (Lipinski definition) is 6. The third kappa shape index (κ3) is 2.32. The minimum Gasteiger partial charge on any atom is -0.481 e. The van der Waals surface area contributed by atoms with E-state index >= 15 is 0 Å². The molecule has 0 unspecified atom stereocenters. The first-order chi connectivity index (χ1) is 14.1. The summed E-state index contributed by atoms with van der Waals surface area (Å²) in [5, 5.41) is 44.1. The Morgan fingerprint density at radius 1 is 1.07 bits per heavy atom. The van der Waals surface area contributed by atoms with Gasteiger partial charge in [-0.15, -0.1) is 0 Å². The van der Waals surface area contributed by atoms with Crippen molar-refractivity contribution >= 4 is 11.9 Å². The molecule has 4 aliphatic carbocycles. The molecule has 0 amide bonds. The van der Waals surface area contributed by atoms with Gasteiger partial charge in [-0.05, 0) is 74.7 Å². The fraction of sp³-hybridized carbons (Fsp3) is 0.826. The first kappa shape index (κ1) is 20.5. The van der Waals surface area contributed by atoms with E-state index in [2.05, 4.69) is 6.92 Å². The molecule has 30 heavy (non-hydrogen) atoms. The summed E-state index contributed by atoms with van der Waals surface area (Å²) in [6, 6.07) is 0. The van der Waals surface area contributed by atoms with Gasteiger partial charge in [-0.2, -0.15) is 0 Å². The van der Waals surface area contributed by atoms with Gasteiger partial charge >= 0.3 is 11.9 Å². The molecule has 0 aromatic rings. The standard InChI is InChI=1S/C23H32O7/c1-20-6-3-16-17(23(20,29)9-5-15(20)13-10-18(25)30-12-13)4-7-21(28)11-14(24)2-8-22(16,21)19(26)27/h10,14-17,24,28-29H,2-9,11-12H2,1H3,(H,26,27)/t14-,15-,16-,17-,20+,21+,22+,23+/m0/s1. The van der Waals surface area contributed by atoms with Gasteiger partial charge in [0.2, 0.25) is 0 Å². The van der Waals surface area contributed by atoms with E-state index in [0.717, 1.165) is 12.0 Å². The Balaban J connectivity index is 1.54. The molecule has 0 radical (unpaired) electrons. The van der Waals surface area contributed by atoms with Crippen molar-refractivity contribution in [2.45, 2.75) is 82.0 Å². The van der Waals surface area contributed by atoms with Crippen molar-refractivity contribution in [3.8, 4) is 0 Å². The van der Waals surface area contributed by atoms with Gasteiger partial charge in [0.05, 0.1) is 22.7 Å². The highest BCUT2D eigenvalue weighted by Crippen LogP contribution is 2.70. The third-order valence-corrected chi connectivity index (χ3v) is 9.94. The van der Waals surface area contributed by atoms with Crippen LogP contribution in [0.15, 0.2) is 11.6 Å². The molecule has 4 N–H and O–H groups in total. The molecule has 1 heterocycles. The van der Waals surface area contributed by atoms with Crippen LogP contribution in [-0.2, 0) is 14.3 Å². The topological polar surface area (TPSA) is 124 Å². The first-order valence-electron chi connectivity index (χ1n) is 11.3. The summed E-state index contributed by atoms with van der Waals surface area (Å²) in [5.41, 5.74) is -3.30. The second-order valence-electron chi connectivity index (χ2n) is 10.8. The Morgan fingerprint density at radius 2 is 1.80 bits per heavy atom. The third-order valence-electron chi connectivity index (χ3n) is 9.94. The van der Waals surface area contributed by atoms with Gasteiger partial charge in [-0.1, -0.05) is 6.92 Å². The van der Waals surface area contributed by atoms with Gasteiger partial charge in [0.1, 0.15) is 6.61 Å². The summed E-state index contributed by atoms with van der Waals surface area (Å²) >= 11 is 0. The van der Waals surface area contributed by atoms with Crippen LogP contribution in [0.25, 0.3) is 0 Å². The summed E-state index contributed by atoms with van der Waals surface area (Å²) in [7, 11) is 0. The maximum Gasteiger partial charge on any atom is 0.331 e. The van der Waals surface area contributed by atoms with Crippen LogP contribution in [0, 0.1) is 28.6 Å². The summed E-state index contributed by atoms with van der Waals surface area (Å²) in [6.45, 7) is 2.36. The largest absolute Gasteiger partial charge is 0.481 e. The highest BCUT2D eigenvalue weighted by atomic mass is 16.5. The maximum atomic E-state index is 12.7. The van der Waals surface area contributed by atoms with E-state index in [1.807, 2.05) is 0 Å². The zero-order chi connectivity index (χ0) is 21.5. The number of fused-ring (bicyclic) bond motifs is 5. The van der Waals surface area contributed by atoms with E-state index in [0.29, 0.717) is 32.1 Å². The molecule has 166 valence electrons. The normalized spacial score (nSPS) is 52.7. The van der Waals surface area contributed by atoms with Crippen LogP contribution in [0.5, 0.6) is 0 Å². The Bertz CT molecular complexity index is 822. The molecule has 8 atom stereocenters. The lowest BCUT2D eigenvalue weighted by atomic mass is 9.41. The molecular formula is C23H32O7. The number of aliphatic hydroxyl groups is 3. The van der Waals surface area contributed by atoms with Crippen LogP contribution in [-0.4, -0.2) is 56.3 Å². The monoisotopic (exact) mass is 420 g/mol. The summed E-state index contributed by atoms with van der Waals surface area (Å²) < 4.78 is 5.14. The van der Waals surface area contributed by atoms with Crippen LogP contribution in [0.3, 0.4) is 0 Å². The predicted molar refractivity (Wildman–Crippen MR) is 105 cm³/mol. The van der Waals surface area contributed by atoms with E-state index in [4.69, 9.17) is 4.74 Å².